The second kappa shape index (κ2) is 5.71. The van der Waals surface area contributed by atoms with Gasteiger partial charge >= 0.3 is 0 Å². The van der Waals surface area contributed by atoms with Crippen LogP contribution in [0, 0.1) is 6.92 Å². The van der Waals surface area contributed by atoms with E-state index in [1.165, 1.54) is 0 Å². The molecule has 21 heavy (non-hydrogen) atoms. The summed E-state index contributed by atoms with van der Waals surface area (Å²) in [6, 6.07) is 17.7. The lowest BCUT2D eigenvalue weighted by molar-refractivity contribution is 0.482. The molecule has 0 saturated heterocycles. The third kappa shape index (κ3) is 2.89. The molecule has 0 radical (unpaired) electrons. The molecule has 1 aromatic heterocycles. The average Bonchev–Trinajstić information content (AvgIpc) is 2.90. The highest BCUT2D eigenvalue weighted by Gasteiger charge is 2.06. The van der Waals surface area contributed by atoms with E-state index in [0.29, 0.717) is 0 Å². The Morgan fingerprint density at radius 1 is 0.952 bits per heavy atom. The van der Waals surface area contributed by atoms with E-state index in [0.717, 1.165) is 28.8 Å². The molecule has 0 fully saturated rings. The normalized spacial score (nSPS) is 10.4. The zero-order valence-corrected chi connectivity index (χ0v) is 12.1. The first kappa shape index (κ1) is 13.2. The Kier molecular flexibility index (Phi) is 3.60. The van der Waals surface area contributed by atoms with Gasteiger partial charge in [-0.3, -0.25) is 4.57 Å². The fraction of sp³-hybridized carbons (Fsp3) is 0.118. The number of rotatable bonds is 4. The molecule has 0 spiro atoms. The van der Waals surface area contributed by atoms with Crippen molar-refractivity contribution in [1.82, 2.24) is 9.55 Å². The fourth-order valence-corrected chi connectivity index (χ4v) is 2.17. The van der Waals surface area contributed by atoms with E-state index in [1.807, 2.05) is 79.3 Å². The third-order valence-corrected chi connectivity index (χ3v) is 3.14. The van der Waals surface area contributed by atoms with Crippen LogP contribution in [0.25, 0.3) is 5.69 Å². The maximum atomic E-state index is 5.79. The van der Waals surface area contributed by atoms with Crippen LogP contribution in [-0.2, 0) is 0 Å². The molecule has 0 atom stereocenters. The van der Waals surface area contributed by atoms with Crippen molar-refractivity contribution in [3.63, 3.8) is 0 Å². The van der Waals surface area contributed by atoms with E-state index in [9.17, 15) is 0 Å². The van der Waals surface area contributed by atoms with E-state index in [2.05, 4.69) is 10.3 Å². The molecule has 0 amide bonds. The van der Waals surface area contributed by atoms with Gasteiger partial charge in [0.05, 0.1) is 5.69 Å². The van der Waals surface area contributed by atoms with Crippen molar-refractivity contribution in [2.45, 2.75) is 6.92 Å². The first-order chi connectivity index (χ1) is 10.3. The topological polar surface area (TPSA) is 39.1 Å². The van der Waals surface area contributed by atoms with Crippen molar-refractivity contribution in [3.8, 4) is 17.2 Å². The van der Waals surface area contributed by atoms with E-state index < -0.39 is 0 Å². The highest BCUT2D eigenvalue weighted by atomic mass is 16.5. The maximum Gasteiger partial charge on any atom is 0.207 e. The summed E-state index contributed by atoms with van der Waals surface area (Å²) in [5.41, 5.74) is 2.02. The van der Waals surface area contributed by atoms with Crippen molar-refractivity contribution in [2.75, 3.05) is 12.4 Å². The molecule has 106 valence electrons. The van der Waals surface area contributed by atoms with Gasteiger partial charge in [-0.05, 0) is 43.3 Å². The lowest BCUT2D eigenvalue weighted by Crippen LogP contribution is -2.00. The van der Waals surface area contributed by atoms with Crippen molar-refractivity contribution < 1.29 is 4.74 Å². The second-order valence-corrected chi connectivity index (χ2v) is 4.73. The van der Waals surface area contributed by atoms with E-state index in [4.69, 9.17) is 4.74 Å². The summed E-state index contributed by atoms with van der Waals surface area (Å²) in [6.07, 6.45) is 2.00. The summed E-state index contributed by atoms with van der Waals surface area (Å²) in [6.45, 7) is 1.98. The van der Waals surface area contributed by atoms with Gasteiger partial charge in [0, 0.05) is 18.9 Å². The second-order valence-electron chi connectivity index (χ2n) is 4.73. The fourth-order valence-electron chi connectivity index (χ4n) is 2.17. The number of ether oxygens (including phenoxy) is 1. The highest BCUT2D eigenvalue weighted by Crippen LogP contribution is 2.23. The third-order valence-electron chi connectivity index (χ3n) is 3.14. The Morgan fingerprint density at radius 3 is 2.29 bits per heavy atom. The smallest absolute Gasteiger partial charge is 0.207 e. The lowest BCUT2D eigenvalue weighted by Gasteiger charge is -2.09. The van der Waals surface area contributed by atoms with Crippen LogP contribution < -0.4 is 10.1 Å². The van der Waals surface area contributed by atoms with Crippen LogP contribution in [0.2, 0.25) is 0 Å². The van der Waals surface area contributed by atoms with E-state index in [1.54, 1.807) is 0 Å². The Balaban J connectivity index is 1.84. The summed E-state index contributed by atoms with van der Waals surface area (Å²) in [5, 5.41) is 3.09. The predicted octanol–water partition coefficient (Wildman–Crippen LogP) is 4.01. The van der Waals surface area contributed by atoms with Crippen LogP contribution in [0.1, 0.15) is 5.69 Å². The Morgan fingerprint density at radius 2 is 1.62 bits per heavy atom. The summed E-state index contributed by atoms with van der Waals surface area (Å²) in [4.78, 5) is 4.42. The number of para-hydroxylation sites is 1. The van der Waals surface area contributed by atoms with Gasteiger partial charge in [0.25, 0.3) is 0 Å². The van der Waals surface area contributed by atoms with Gasteiger partial charge in [-0.25, -0.2) is 4.98 Å². The Bertz CT molecular complexity index is 718. The number of hydrogen-bond acceptors (Lipinski definition) is 3. The number of benzene rings is 2. The largest absolute Gasteiger partial charge is 0.457 e. The molecule has 0 unspecified atom stereocenters. The lowest BCUT2D eigenvalue weighted by atomic mass is 10.3. The van der Waals surface area contributed by atoms with Crippen molar-refractivity contribution in [1.29, 1.82) is 0 Å². The van der Waals surface area contributed by atoms with E-state index >= 15 is 0 Å². The first-order valence-corrected chi connectivity index (χ1v) is 6.83. The van der Waals surface area contributed by atoms with Gasteiger partial charge in [0.1, 0.15) is 11.5 Å². The SMILES string of the molecule is CNc1nc(C)cn1-c1ccc(Oc2ccccc2)cc1. The van der Waals surface area contributed by atoms with Gasteiger partial charge in [0.2, 0.25) is 5.95 Å². The van der Waals surface area contributed by atoms with Gasteiger partial charge in [-0.2, -0.15) is 0 Å². The maximum absolute atomic E-state index is 5.79. The molecule has 3 rings (SSSR count). The minimum absolute atomic E-state index is 0.813. The molecule has 1 N–H and O–H groups in total. The number of nitrogens with one attached hydrogen (secondary N) is 1. The molecule has 0 aliphatic rings. The minimum Gasteiger partial charge on any atom is -0.457 e. The standard InChI is InChI=1S/C17H17N3O/c1-13-12-20(17(18-2)19-13)14-8-10-16(11-9-14)21-15-6-4-3-5-7-15/h3-12H,1-2H3,(H,18,19). The quantitative estimate of drug-likeness (QED) is 0.784. The van der Waals surface area contributed by atoms with Gasteiger partial charge < -0.3 is 10.1 Å². The Labute approximate surface area is 124 Å². The van der Waals surface area contributed by atoms with Crippen LogP contribution in [0.15, 0.2) is 60.8 Å². The molecule has 2 aromatic carbocycles. The number of aryl methyl sites for hydroxylation is 1. The number of aromatic nitrogens is 2. The first-order valence-electron chi connectivity index (χ1n) is 6.83. The summed E-state index contributed by atoms with van der Waals surface area (Å²) in [7, 11) is 1.87. The molecule has 0 aliphatic heterocycles. The highest BCUT2D eigenvalue weighted by molar-refractivity contribution is 5.45. The van der Waals surface area contributed by atoms with Crippen LogP contribution in [0.5, 0.6) is 11.5 Å². The monoisotopic (exact) mass is 279 g/mol. The van der Waals surface area contributed by atoms with Gasteiger partial charge in [0.15, 0.2) is 0 Å². The minimum atomic E-state index is 0.813. The van der Waals surface area contributed by atoms with Crippen molar-refractivity contribution >= 4 is 5.95 Å². The van der Waals surface area contributed by atoms with E-state index in [-0.39, 0.29) is 0 Å². The molecule has 1 heterocycles. The molecular formula is C17H17N3O. The molecule has 0 aliphatic carbocycles. The number of imidazole rings is 1. The number of nitrogens with zero attached hydrogens (tertiary/aromatic N) is 2. The zero-order valence-electron chi connectivity index (χ0n) is 12.1. The van der Waals surface area contributed by atoms with Crippen molar-refractivity contribution in [3.05, 3.63) is 66.5 Å². The molecule has 4 heteroatoms. The molecule has 3 aromatic rings. The number of anilines is 1. The molecule has 0 saturated carbocycles. The van der Waals surface area contributed by atoms with Crippen LogP contribution >= 0.6 is 0 Å². The predicted molar refractivity (Wildman–Crippen MR) is 84.4 cm³/mol. The number of hydrogen-bond donors (Lipinski definition) is 1. The van der Waals surface area contributed by atoms with Crippen molar-refractivity contribution in [2.24, 2.45) is 0 Å². The average molecular weight is 279 g/mol. The van der Waals surface area contributed by atoms with Gasteiger partial charge in [-0.1, -0.05) is 18.2 Å². The van der Waals surface area contributed by atoms with Crippen LogP contribution in [-0.4, -0.2) is 16.6 Å². The molecule has 0 bridgehead atoms. The molecular weight excluding hydrogens is 262 g/mol. The Hall–Kier alpha value is -2.75. The van der Waals surface area contributed by atoms with Crippen LogP contribution in [0.4, 0.5) is 5.95 Å². The van der Waals surface area contributed by atoms with Crippen LogP contribution in [0.3, 0.4) is 0 Å². The van der Waals surface area contributed by atoms with Gasteiger partial charge in [-0.15, -0.1) is 0 Å². The summed E-state index contributed by atoms with van der Waals surface area (Å²) >= 11 is 0. The summed E-state index contributed by atoms with van der Waals surface area (Å²) in [5.74, 6) is 2.47. The zero-order chi connectivity index (χ0) is 14.7. The molecule has 4 nitrogen and oxygen atoms in total. The summed E-state index contributed by atoms with van der Waals surface area (Å²) < 4.78 is 7.81.